The summed E-state index contributed by atoms with van der Waals surface area (Å²) in [6.45, 7) is 3.98. The molecule has 4 rings (SSSR count). The normalized spacial score (nSPS) is 14.3. The second-order valence-electron chi connectivity index (χ2n) is 7.85. The molecule has 0 aliphatic carbocycles. The highest BCUT2D eigenvalue weighted by Gasteiger charge is 2.32. The van der Waals surface area contributed by atoms with E-state index < -0.39 is 17.6 Å². The summed E-state index contributed by atoms with van der Waals surface area (Å²) >= 11 is 1.17. The Balaban J connectivity index is 1.49. The highest BCUT2D eigenvalue weighted by atomic mass is 32.2. The SMILES string of the molecule is Cc1ccccc1-c1nnc(SCC(=O)Nc2cc(C(F)(F)F)ccc2N2CCOCC2)n1C. The van der Waals surface area contributed by atoms with Gasteiger partial charge in [-0.05, 0) is 30.7 Å². The molecule has 1 aliphatic heterocycles. The number of rotatable bonds is 6. The molecule has 0 radical (unpaired) electrons. The molecule has 1 aromatic heterocycles. The predicted molar refractivity (Wildman–Crippen MR) is 125 cm³/mol. The van der Waals surface area contributed by atoms with Crippen molar-refractivity contribution in [3.05, 3.63) is 53.6 Å². The second-order valence-corrected chi connectivity index (χ2v) is 8.79. The van der Waals surface area contributed by atoms with E-state index in [1.807, 2.05) is 43.1 Å². The van der Waals surface area contributed by atoms with Crippen LogP contribution in [-0.2, 0) is 22.8 Å². The van der Waals surface area contributed by atoms with Crippen molar-refractivity contribution in [2.24, 2.45) is 7.05 Å². The number of ether oxygens (including phenoxy) is 1. The van der Waals surface area contributed by atoms with E-state index in [0.717, 1.165) is 23.3 Å². The summed E-state index contributed by atoms with van der Waals surface area (Å²) in [4.78, 5) is 14.6. The van der Waals surface area contributed by atoms with Crippen LogP contribution in [-0.4, -0.2) is 52.7 Å². The standard InChI is InChI=1S/C23H24F3N5O2S/c1-15-5-3-4-6-17(15)21-28-29-22(30(21)2)34-14-20(32)27-18-13-16(23(24,25)26)7-8-19(18)31-9-11-33-12-10-31/h3-8,13H,9-12,14H2,1-2H3,(H,27,32). The van der Waals surface area contributed by atoms with Crippen molar-refractivity contribution in [1.82, 2.24) is 14.8 Å². The number of aromatic nitrogens is 3. The number of halogens is 3. The molecule has 1 aliphatic rings. The summed E-state index contributed by atoms with van der Waals surface area (Å²) in [6.07, 6.45) is -4.51. The molecule has 1 N–H and O–H groups in total. The van der Waals surface area contributed by atoms with E-state index in [1.54, 1.807) is 4.57 Å². The van der Waals surface area contributed by atoms with Gasteiger partial charge in [0.2, 0.25) is 5.91 Å². The van der Waals surface area contributed by atoms with Crippen molar-refractivity contribution in [2.45, 2.75) is 18.3 Å². The van der Waals surface area contributed by atoms with Crippen LogP contribution in [0, 0.1) is 6.92 Å². The Labute approximate surface area is 199 Å². The van der Waals surface area contributed by atoms with Crippen LogP contribution >= 0.6 is 11.8 Å². The summed E-state index contributed by atoms with van der Waals surface area (Å²) in [5, 5.41) is 11.6. The lowest BCUT2D eigenvalue weighted by Gasteiger charge is -2.31. The fourth-order valence-electron chi connectivity index (χ4n) is 3.71. The van der Waals surface area contributed by atoms with Crippen LogP contribution in [0.5, 0.6) is 0 Å². The van der Waals surface area contributed by atoms with Crippen molar-refractivity contribution < 1.29 is 22.7 Å². The van der Waals surface area contributed by atoms with Crippen LogP contribution in [0.2, 0.25) is 0 Å². The molecular formula is C23H24F3N5O2S. The smallest absolute Gasteiger partial charge is 0.378 e. The second kappa shape index (κ2) is 10.1. The maximum Gasteiger partial charge on any atom is 0.416 e. The Morgan fingerprint density at radius 1 is 1.15 bits per heavy atom. The van der Waals surface area contributed by atoms with Gasteiger partial charge in [0.15, 0.2) is 11.0 Å². The Morgan fingerprint density at radius 2 is 1.88 bits per heavy atom. The topological polar surface area (TPSA) is 72.3 Å². The van der Waals surface area contributed by atoms with Crippen molar-refractivity contribution in [1.29, 1.82) is 0 Å². The van der Waals surface area contributed by atoms with Gasteiger partial charge < -0.3 is 19.5 Å². The lowest BCUT2D eigenvalue weighted by molar-refractivity contribution is -0.137. The first-order chi connectivity index (χ1) is 16.2. The van der Waals surface area contributed by atoms with Crippen LogP contribution in [0.3, 0.4) is 0 Å². The first kappa shape index (κ1) is 24.1. The quantitative estimate of drug-likeness (QED) is 0.516. The lowest BCUT2D eigenvalue weighted by atomic mass is 10.1. The van der Waals surface area contributed by atoms with Crippen LogP contribution < -0.4 is 10.2 Å². The number of alkyl halides is 3. The number of thioether (sulfide) groups is 1. The van der Waals surface area contributed by atoms with Gasteiger partial charge in [-0.2, -0.15) is 13.2 Å². The van der Waals surface area contributed by atoms with Gasteiger partial charge in [0.25, 0.3) is 0 Å². The molecule has 0 saturated carbocycles. The number of hydrogen-bond donors (Lipinski definition) is 1. The number of benzene rings is 2. The molecule has 2 heterocycles. The summed E-state index contributed by atoms with van der Waals surface area (Å²) in [6, 6.07) is 11.2. The van der Waals surface area contributed by atoms with E-state index in [0.29, 0.717) is 43.0 Å². The average Bonchev–Trinajstić information content (AvgIpc) is 3.18. The third kappa shape index (κ3) is 5.36. The monoisotopic (exact) mass is 491 g/mol. The largest absolute Gasteiger partial charge is 0.416 e. The van der Waals surface area contributed by atoms with Crippen molar-refractivity contribution in [2.75, 3.05) is 42.3 Å². The van der Waals surface area contributed by atoms with Gasteiger partial charge in [0.05, 0.1) is 35.9 Å². The van der Waals surface area contributed by atoms with Gasteiger partial charge in [0, 0.05) is 25.7 Å². The summed E-state index contributed by atoms with van der Waals surface area (Å²) in [5.74, 6) is 0.214. The van der Waals surface area contributed by atoms with Crippen LogP contribution in [0.15, 0.2) is 47.6 Å². The number of anilines is 2. The molecule has 11 heteroatoms. The lowest BCUT2D eigenvalue weighted by Crippen LogP contribution is -2.37. The van der Waals surface area contributed by atoms with Gasteiger partial charge in [0.1, 0.15) is 0 Å². The Kier molecular flexibility index (Phi) is 7.13. The minimum absolute atomic E-state index is 0.0292. The summed E-state index contributed by atoms with van der Waals surface area (Å²) in [5.41, 5.74) is 1.83. The maximum atomic E-state index is 13.3. The average molecular weight is 492 g/mol. The van der Waals surface area contributed by atoms with Gasteiger partial charge in [-0.15, -0.1) is 10.2 Å². The molecule has 1 amide bonds. The zero-order valence-electron chi connectivity index (χ0n) is 18.7. The first-order valence-electron chi connectivity index (χ1n) is 10.7. The van der Waals surface area contributed by atoms with Crippen LogP contribution in [0.25, 0.3) is 11.4 Å². The molecule has 1 fully saturated rings. The zero-order valence-corrected chi connectivity index (χ0v) is 19.5. The molecule has 0 unspecified atom stereocenters. The molecule has 0 atom stereocenters. The van der Waals surface area contributed by atoms with Crippen LogP contribution in [0.1, 0.15) is 11.1 Å². The Morgan fingerprint density at radius 3 is 2.59 bits per heavy atom. The van der Waals surface area contributed by atoms with Gasteiger partial charge >= 0.3 is 6.18 Å². The van der Waals surface area contributed by atoms with Crippen molar-refractivity contribution in [3.63, 3.8) is 0 Å². The highest BCUT2D eigenvalue weighted by molar-refractivity contribution is 7.99. The number of nitrogens with one attached hydrogen (secondary N) is 1. The first-order valence-corrected chi connectivity index (χ1v) is 11.6. The number of aryl methyl sites for hydroxylation is 1. The van der Waals surface area contributed by atoms with Gasteiger partial charge in [-0.1, -0.05) is 36.0 Å². The predicted octanol–water partition coefficient (Wildman–Crippen LogP) is 4.38. The van der Waals surface area contributed by atoms with Crippen LogP contribution in [0.4, 0.5) is 24.5 Å². The molecule has 7 nitrogen and oxygen atoms in total. The number of carbonyl (C=O) groups excluding carboxylic acids is 1. The third-order valence-electron chi connectivity index (χ3n) is 5.50. The zero-order chi connectivity index (χ0) is 24.3. The van der Waals surface area contributed by atoms with E-state index in [-0.39, 0.29) is 11.4 Å². The minimum Gasteiger partial charge on any atom is -0.378 e. The number of nitrogens with zero attached hydrogens (tertiary/aromatic N) is 4. The molecule has 2 aromatic carbocycles. The van der Waals surface area contributed by atoms with Gasteiger partial charge in [-0.25, -0.2) is 0 Å². The molecule has 3 aromatic rings. The van der Waals surface area contributed by atoms with E-state index in [4.69, 9.17) is 4.74 Å². The van der Waals surface area contributed by atoms with E-state index in [1.165, 1.54) is 17.8 Å². The fourth-order valence-corrected chi connectivity index (χ4v) is 4.42. The Hall–Kier alpha value is -3.05. The Bertz CT molecular complexity index is 1180. The number of amides is 1. The molecule has 180 valence electrons. The highest BCUT2D eigenvalue weighted by Crippen LogP contribution is 2.36. The van der Waals surface area contributed by atoms with Crippen molar-refractivity contribution in [3.8, 4) is 11.4 Å². The summed E-state index contributed by atoms with van der Waals surface area (Å²) in [7, 11) is 1.81. The molecule has 0 spiro atoms. The third-order valence-corrected chi connectivity index (χ3v) is 6.52. The van der Waals surface area contributed by atoms with E-state index >= 15 is 0 Å². The number of morpholine rings is 1. The van der Waals surface area contributed by atoms with E-state index in [9.17, 15) is 18.0 Å². The van der Waals surface area contributed by atoms with E-state index in [2.05, 4.69) is 15.5 Å². The molecule has 0 bridgehead atoms. The fraction of sp³-hybridized carbons (Fsp3) is 0.348. The van der Waals surface area contributed by atoms with Gasteiger partial charge in [-0.3, -0.25) is 4.79 Å². The minimum atomic E-state index is -4.51. The molecule has 34 heavy (non-hydrogen) atoms. The number of carbonyl (C=O) groups is 1. The number of hydrogen-bond acceptors (Lipinski definition) is 6. The van der Waals surface area contributed by atoms with Crippen molar-refractivity contribution >= 4 is 29.0 Å². The maximum absolute atomic E-state index is 13.3. The molecule has 1 saturated heterocycles. The summed E-state index contributed by atoms with van der Waals surface area (Å²) < 4.78 is 47.0. The molecular weight excluding hydrogens is 467 g/mol.